The van der Waals surface area contributed by atoms with Crippen LogP contribution in [-0.4, -0.2) is 20.7 Å². The average molecular weight is 278 g/mol. The Morgan fingerprint density at radius 1 is 1.05 bits per heavy atom. The third-order valence-corrected chi connectivity index (χ3v) is 2.97. The summed E-state index contributed by atoms with van der Waals surface area (Å²) in [6.07, 6.45) is 1.80. The number of pyridine rings is 1. The number of benzene rings is 1. The molecule has 0 aliphatic carbocycles. The largest absolute Gasteiger partial charge is 0.304 e. The maximum Gasteiger partial charge on any atom is 0.275 e. The lowest BCUT2D eigenvalue weighted by atomic mass is 10.3. The van der Waals surface area contributed by atoms with Crippen LogP contribution in [-0.2, 0) is 0 Å². The van der Waals surface area contributed by atoms with E-state index in [1.54, 1.807) is 29.1 Å². The second-order valence-corrected chi connectivity index (χ2v) is 4.60. The van der Waals surface area contributed by atoms with E-state index in [2.05, 4.69) is 15.4 Å². The van der Waals surface area contributed by atoms with Crippen molar-refractivity contribution in [2.45, 2.75) is 6.92 Å². The number of hydrogen-bond donors (Lipinski definition) is 1. The van der Waals surface area contributed by atoms with E-state index in [9.17, 15) is 4.79 Å². The zero-order chi connectivity index (χ0) is 14.7. The minimum atomic E-state index is -0.267. The highest BCUT2D eigenvalue weighted by Gasteiger charge is 2.09. The normalized spacial score (nSPS) is 10.3. The van der Waals surface area contributed by atoms with E-state index < -0.39 is 0 Å². The second-order valence-electron chi connectivity index (χ2n) is 4.60. The van der Waals surface area contributed by atoms with E-state index in [4.69, 9.17) is 0 Å². The molecule has 3 rings (SSSR count). The molecule has 0 unspecified atom stereocenters. The number of nitrogens with zero attached hydrogens (tertiary/aromatic N) is 3. The number of rotatable bonds is 3. The van der Waals surface area contributed by atoms with Gasteiger partial charge in [-0.05, 0) is 31.2 Å². The molecule has 0 saturated carbocycles. The summed E-state index contributed by atoms with van der Waals surface area (Å²) in [5.41, 5.74) is 2.12. The van der Waals surface area contributed by atoms with Crippen molar-refractivity contribution in [1.82, 2.24) is 14.8 Å². The Kier molecular flexibility index (Phi) is 3.47. The van der Waals surface area contributed by atoms with Crippen LogP contribution in [0.25, 0.3) is 5.69 Å². The Morgan fingerprint density at radius 2 is 1.86 bits per heavy atom. The molecule has 21 heavy (non-hydrogen) atoms. The lowest BCUT2D eigenvalue weighted by Gasteiger charge is -2.03. The standard InChI is InChI=1S/C16H14N4O/c1-12-6-5-9-14(17-12)16(21)18-15-10-11-20(19-15)13-7-3-2-4-8-13/h2-11H,1H3,(H,18,19,21). The van der Waals surface area contributed by atoms with Crippen molar-refractivity contribution in [3.63, 3.8) is 0 Å². The monoisotopic (exact) mass is 278 g/mol. The fourth-order valence-corrected chi connectivity index (χ4v) is 1.96. The first-order valence-electron chi connectivity index (χ1n) is 6.58. The van der Waals surface area contributed by atoms with E-state index in [0.717, 1.165) is 11.4 Å². The van der Waals surface area contributed by atoms with Gasteiger partial charge in [0.25, 0.3) is 5.91 Å². The zero-order valence-electron chi connectivity index (χ0n) is 11.5. The number of anilines is 1. The number of para-hydroxylation sites is 1. The SMILES string of the molecule is Cc1cccc(C(=O)Nc2ccn(-c3ccccc3)n2)n1. The van der Waals surface area contributed by atoms with Gasteiger partial charge in [0, 0.05) is 18.0 Å². The van der Waals surface area contributed by atoms with Crippen LogP contribution >= 0.6 is 0 Å². The summed E-state index contributed by atoms with van der Waals surface area (Å²) in [4.78, 5) is 16.3. The molecule has 0 aliphatic rings. The summed E-state index contributed by atoms with van der Waals surface area (Å²) in [5, 5.41) is 7.07. The Hall–Kier alpha value is -2.95. The van der Waals surface area contributed by atoms with Gasteiger partial charge in [0.05, 0.1) is 5.69 Å². The highest BCUT2D eigenvalue weighted by Crippen LogP contribution is 2.10. The molecule has 5 nitrogen and oxygen atoms in total. The van der Waals surface area contributed by atoms with Gasteiger partial charge in [0.2, 0.25) is 0 Å². The smallest absolute Gasteiger partial charge is 0.275 e. The fourth-order valence-electron chi connectivity index (χ4n) is 1.96. The van der Waals surface area contributed by atoms with Crippen LogP contribution in [0.1, 0.15) is 16.2 Å². The molecule has 0 saturated heterocycles. The van der Waals surface area contributed by atoms with Crippen LogP contribution in [0, 0.1) is 6.92 Å². The molecular formula is C16H14N4O. The molecule has 5 heteroatoms. The minimum absolute atomic E-state index is 0.267. The van der Waals surface area contributed by atoms with Gasteiger partial charge in [0.1, 0.15) is 5.69 Å². The van der Waals surface area contributed by atoms with Crippen molar-refractivity contribution >= 4 is 11.7 Å². The average Bonchev–Trinajstić information content (AvgIpc) is 2.97. The minimum Gasteiger partial charge on any atom is -0.304 e. The van der Waals surface area contributed by atoms with Crippen LogP contribution in [0.15, 0.2) is 60.8 Å². The van der Waals surface area contributed by atoms with Gasteiger partial charge < -0.3 is 5.32 Å². The summed E-state index contributed by atoms with van der Waals surface area (Å²) >= 11 is 0. The van der Waals surface area contributed by atoms with Crippen molar-refractivity contribution in [3.05, 3.63) is 72.2 Å². The third kappa shape index (κ3) is 2.97. The van der Waals surface area contributed by atoms with Crippen LogP contribution in [0.5, 0.6) is 0 Å². The van der Waals surface area contributed by atoms with Crippen molar-refractivity contribution < 1.29 is 4.79 Å². The van der Waals surface area contributed by atoms with E-state index in [0.29, 0.717) is 11.5 Å². The Labute approximate surface area is 122 Å². The first-order valence-corrected chi connectivity index (χ1v) is 6.58. The molecule has 104 valence electrons. The quantitative estimate of drug-likeness (QED) is 0.801. The Morgan fingerprint density at radius 3 is 2.62 bits per heavy atom. The van der Waals surface area contributed by atoms with Gasteiger partial charge in [-0.1, -0.05) is 24.3 Å². The Balaban J connectivity index is 1.77. The predicted octanol–water partition coefficient (Wildman–Crippen LogP) is 2.83. The molecule has 0 radical (unpaired) electrons. The van der Waals surface area contributed by atoms with Gasteiger partial charge in [-0.25, -0.2) is 9.67 Å². The molecule has 0 fully saturated rings. The van der Waals surface area contributed by atoms with Crippen LogP contribution in [0.3, 0.4) is 0 Å². The van der Waals surface area contributed by atoms with E-state index >= 15 is 0 Å². The summed E-state index contributed by atoms with van der Waals surface area (Å²) in [7, 11) is 0. The number of hydrogen-bond acceptors (Lipinski definition) is 3. The molecule has 0 spiro atoms. The second kappa shape index (κ2) is 5.58. The number of aryl methyl sites for hydroxylation is 1. The fraction of sp³-hybridized carbons (Fsp3) is 0.0625. The molecule has 0 aliphatic heterocycles. The van der Waals surface area contributed by atoms with Crippen molar-refractivity contribution in [1.29, 1.82) is 0 Å². The first kappa shape index (κ1) is 13.1. The van der Waals surface area contributed by atoms with Crippen molar-refractivity contribution in [2.24, 2.45) is 0 Å². The van der Waals surface area contributed by atoms with Crippen molar-refractivity contribution in [3.8, 4) is 5.69 Å². The predicted molar refractivity (Wildman–Crippen MR) is 80.5 cm³/mol. The van der Waals surface area contributed by atoms with Crippen LogP contribution < -0.4 is 5.32 Å². The Bertz CT molecular complexity index is 765. The number of aromatic nitrogens is 3. The summed E-state index contributed by atoms with van der Waals surface area (Å²) in [6.45, 7) is 1.85. The number of carbonyl (C=O) groups is 1. The van der Waals surface area contributed by atoms with Gasteiger partial charge in [0.15, 0.2) is 5.82 Å². The van der Waals surface area contributed by atoms with Crippen LogP contribution in [0.4, 0.5) is 5.82 Å². The lowest BCUT2D eigenvalue weighted by Crippen LogP contribution is -2.14. The number of carbonyl (C=O) groups excluding carboxylic acids is 1. The zero-order valence-corrected chi connectivity index (χ0v) is 11.5. The number of nitrogens with one attached hydrogen (secondary N) is 1. The van der Waals surface area contributed by atoms with E-state index in [1.807, 2.05) is 43.3 Å². The summed E-state index contributed by atoms with van der Waals surface area (Å²) in [6, 6.07) is 16.8. The molecule has 1 N–H and O–H groups in total. The van der Waals surface area contributed by atoms with E-state index in [1.165, 1.54) is 0 Å². The van der Waals surface area contributed by atoms with E-state index in [-0.39, 0.29) is 5.91 Å². The maximum atomic E-state index is 12.1. The molecule has 0 atom stereocenters. The summed E-state index contributed by atoms with van der Waals surface area (Å²) < 4.78 is 1.71. The first-order chi connectivity index (χ1) is 10.2. The number of amides is 1. The van der Waals surface area contributed by atoms with Crippen molar-refractivity contribution in [2.75, 3.05) is 5.32 Å². The van der Waals surface area contributed by atoms with Gasteiger partial charge in [-0.15, -0.1) is 0 Å². The topological polar surface area (TPSA) is 59.8 Å². The third-order valence-electron chi connectivity index (χ3n) is 2.97. The maximum absolute atomic E-state index is 12.1. The highest BCUT2D eigenvalue weighted by molar-refractivity contribution is 6.02. The molecular weight excluding hydrogens is 264 g/mol. The summed E-state index contributed by atoms with van der Waals surface area (Å²) in [5.74, 6) is 0.226. The molecule has 2 heterocycles. The van der Waals surface area contributed by atoms with Gasteiger partial charge in [-0.2, -0.15) is 5.10 Å². The highest BCUT2D eigenvalue weighted by atomic mass is 16.1. The molecule has 3 aromatic rings. The van der Waals surface area contributed by atoms with Crippen LogP contribution in [0.2, 0.25) is 0 Å². The van der Waals surface area contributed by atoms with Gasteiger partial charge in [-0.3, -0.25) is 4.79 Å². The molecule has 2 aromatic heterocycles. The van der Waals surface area contributed by atoms with Gasteiger partial charge >= 0.3 is 0 Å². The lowest BCUT2D eigenvalue weighted by molar-refractivity contribution is 0.102. The molecule has 0 bridgehead atoms. The molecule has 1 amide bonds. The molecule has 1 aromatic carbocycles.